The monoisotopic (exact) mass is 525 g/mol. The van der Waals surface area contributed by atoms with E-state index in [1.165, 1.54) is 32.1 Å². The van der Waals surface area contributed by atoms with Gasteiger partial charge in [-0.1, -0.05) is 42.6 Å². The van der Waals surface area contributed by atoms with E-state index in [0.717, 1.165) is 47.2 Å². The van der Waals surface area contributed by atoms with Crippen molar-refractivity contribution in [3.8, 4) is 5.75 Å². The number of hydrogen-bond donors (Lipinski definition) is 0. The summed E-state index contributed by atoms with van der Waals surface area (Å²) in [6.07, 6.45) is 8.61. The highest BCUT2D eigenvalue weighted by molar-refractivity contribution is 7.10. The number of amides is 1. The number of nitrogens with zero attached hydrogens (tertiary/aromatic N) is 3. The number of carbonyl (C=O) groups is 1. The summed E-state index contributed by atoms with van der Waals surface area (Å²) < 4.78 is 11.8. The third-order valence-corrected chi connectivity index (χ3v) is 8.45. The van der Waals surface area contributed by atoms with Crippen LogP contribution in [0.15, 0.2) is 34.8 Å². The molecule has 0 spiro atoms. The van der Waals surface area contributed by atoms with Crippen molar-refractivity contribution in [2.24, 2.45) is 11.1 Å². The lowest BCUT2D eigenvalue weighted by molar-refractivity contribution is 0.0204. The van der Waals surface area contributed by atoms with Gasteiger partial charge in [0.25, 0.3) is 0 Å². The molecule has 8 heteroatoms. The zero-order chi connectivity index (χ0) is 25.8. The van der Waals surface area contributed by atoms with Crippen LogP contribution in [-0.2, 0) is 9.57 Å². The van der Waals surface area contributed by atoms with Crippen LogP contribution in [0.2, 0.25) is 0 Å². The van der Waals surface area contributed by atoms with Crippen LogP contribution in [0.1, 0.15) is 100 Å². The van der Waals surface area contributed by atoms with Crippen molar-refractivity contribution in [1.82, 2.24) is 9.88 Å². The smallest absolute Gasteiger partial charge is 0.410 e. The largest absolute Gasteiger partial charge is 0.493 e. The van der Waals surface area contributed by atoms with Crippen molar-refractivity contribution >= 4 is 23.1 Å². The molecule has 1 saturated carbocycles. The maximum Gasteiger partial charge on any atom is 0.410 e. The van der Waals surface area contributed by atoms with E-state index in [2.05, 4.69) is 16.6 Å². The summed E-state index contributed by atoms with van der Waals surface area (Å²) in [5, 5.41) is 7.62. The van der Waals surface area contributed by atoms with Crippen molar-refractivity contribution in [3.05, 3.63) is 45.9 Å². The maximum atomic E-state index is 12.4. The van der Waals surface area contributed by atoms with Gasteiger partial charge in [0.05, 0.1) is 17.3 Å². The summed E-state index contributed by atoms with van der Waals surface area (Å²) in [7, 11) is 0. The first-order valence-corrected chi connectivity index (χ1v) is 14.6. The zero-order valence-electron chi connectivity index (χ0n) is 22.3. The third-order valence-electron chi connectivity index (χ3n) is 7.45. The normalized spacial score (nSPS) is 21.4. The van der Waals surface area contributed by atoms with Crippen molar-refractivity contribution in [1.29, 1.82) is 0 Å². The van der Waals surface area contributed by atoms with Gasteiger partial charge in [-0.15, -0.1) is 11.3 Å². The summed E-state index contributed by atoms with van der Waals surface area (Å²) in [6.45, 7) is 7.86. The van der Waals surface area contributed by atoms with Crippen LogP contribution in [-0.4, -0.2) is 47.0 Å². The predicted octanol–water partition coefficient (Wildman–Crippen LogP) is 7.08. The van der Waals surface area contributed by atoms with E-state index in [1.807, 2.05) is 43.9 Å². The molecule has 1 aromatic carbocycles. The van der Waals surface area contributed by atoms with E-state index in [-0.39, 0.29) is 12.2 Å². The number of para-hydroxylation sites is 1. The molecule has 2 aromatic rings. The van der Waals surface area contributed by atoms with E-state index in [4.69, 9.17) is 19.3 Å². The molecule has 200 valence electrons. The highest BCUT2D eigenvalue weighted by Crippen LogP contribution is 2.37. The van der Waals surface area contributed by atoms with Gasteiger partial charge in [0.15, 0.2) is 6.10 Å². The van der Waals surface area contributed by atoms with E-state index in [9.17, 15) is 4.79 Å². The Labute approximate surface area is 224 Å². The van der Waals surface area contributed by atoms with Crippen LogP contribution < -0.4 is 4.74 Å². The molecule has 2 aliphatic heterocycles. The van der Waals surface area contributed by atoms with E-state index < -0.39 is 5.60 Å². The molecule has 2 fully saturated rings. The van der Waals surface area contributed by atoms with Crippen LogP contribution in [0.5, 0.6) is 5.75 Å². The number of benzene rings is 1. The first kappa shape index (κ1) is 26.0. The van der Waals surface area contributed by atoms with Crippen LogP contribution in [0.3, 0.4) is 0 Å². The van der Waals surface area contributed by atoms with Gasteiger partial charge in [-0.05, 0) is 58.4 Å². The molecule has 0 bridgehead atoms. The summed E-state index contributed by atoms with van der Waals surface area (Å²) >= 11 is 1.68. The molecule has 3 aliphatic rings. The van der Waals surface area contributed by atoms with Gasteiger partial charge in [-0.2, -0.15) is 0 Å². The SMILES string of the molecule is CC(C)(C)OC(=O)N1CCC(c2nc(C3=NOC(c4ccccc4OCC4CCCCC4)C3)cs2)CC1. The maximum absolute atomic E-state index is 12.4. The molecule has 1 aromatic heterocycles. The fraction of sp³-hybridized carbons (Fsp3) is 0.621. The lowest BCUT2D eigenvalue weighted by Gasteiger charge is -2.32. The number of ether oxygens (including phenoxy) is 2. The fourth-order valence-corrected chi connectivity index (χ4v) is 6.38. The number of thiazole rings is 1. The van der Waals surface area contributed by atoms with Crippen molar-refractivity contribution < 1.29 is 19.1 Å². The Morgan fingerprint density at radius 3 is 2.62 bits per heavy atom. The number of likely N-dealkylation sites (tertiary alicyclic amines) is 1. The second-order valence-electron chi connectivity index (χ2n) is 11.5. The minimum absolute atomic E-state index is 0.153. The Hall–Kier alpha value is -2.61. The highest BCUT2D eigenvalue weighted by atomic mass is 32.1. The lowest BCUT2D eigenvalue weighted by atomic mass is 9.90. The van der Waals surface area contributed by atoms with Gasteiger partial charge in [0.1, 0.15) is 17.1 Å². The molecule has 0 radical (unpaired) electrons. The average molecular weight is 526 g/mol. The van der Waals surface area contributed by atoms with Gasteiger partial charge in [-0.3, -0.25) is 0 Å². The summed E-state index contributed by atoms with van der Waals surface area (Å²) in [4.78, 5) is 25.0. The van der Waals surface area contributed by atoms with Gasteiger partial charge in [-0.25, -0.2) is 9.78 Å². The van der Waals surface area contributed by atoms with Gasteiger partial charge in [0, 0.05) is 36.4 Å². The molecule has 37 heavy (non-hydrogen) atoms. The summed E-state index contributed by atoms with van der Waals surface area (Å²) in [5.74, 6) is 1.91. The summed E-state index contributed by atoms with van der Waals surface area (Å²) in [6, 6.07) is 8.19. The molecule has 1 aliphatic carbocycles. The molecule has 5 rings (SSSR count). The second-order valence-corrected chi connectivity index (χ2v) is 12.4. The second kappa shape index (κ2) is 11.4. The molecule has 1 unspecified atom stereocenters. The van der Waals surface area contributed by atoms with Crippen molar-refractivity contribution in [2.45, 2.75) is 89.8 Å². The molecule has 3 heterocycles. The molecule has 7 nitrogen and oxygen atoms in total. The number of hydrogen-bond acceptors (Lipinski definition) is 7. The van der Waals surface area contributed by atoms with E-state index >= 15 is 0 Å². The molecule has 1 amide bonds. The number of oxime groups is 1. The Balaban J connectivity index is 1.15. The van der Waals surface area contributed by atoms with E-state index in [1.54, 1.807) is 11.3 Å². The molecular weight excluding hydrogens is 486 g/mol. The first-order valence-electron chi connectivity index (χ1n) is 13.7. The summed E-state index contributed by atoms with van der Waals surface area (Å²) in [5.41, 5.74) is 2.38. The Bertz CT molecular complexity index is 1090. The van der Waals surface area contributed by atoms with Gasteiger partial charge < -0.3 is 19.2 Å². The Morgan fingerprint density at radius 2 is 1.86 bits per heavy atom. The van der Waals surface area contributed by atoms with Crippen molar-refractivity contribution in [2.75, 3.05) is 19.7 Å². The minimum Gasteiger partial charge on any atom is -0.493 e. The number of aromatic nitrogens is 1. The topological polar surface area (TPSA) is 73.2 Å². The van der Waals surface area contributed by atoms with Crippen LogP contribution >= 0.6 is 11.3 Å². The minimum atomic E-state index is -0.470. The van der Waals surface area contributed by atoms with Crippen LogP contribution in [0.25, 0.3) is 0 Å². The Morgan fingerprint density at radius 1 is 1.11 bits per heavy atom. The standard InChI is InChI=1S/C29H39N3O4S/c1-29(2,3)35-28(33)32-15-13-21(14-16-32)27-30-24(19-37-27)23-17-26(36-31-23)22-11-7-8-12-25(22)34-18-20-9-5-4-6-10-20/h7-8,11-12,19-21,26H,4-6,9-10,13-18H2,1-3H3. The lowest BCUT2D eigenvalue weighted by Crippen LogP contribution is -2.41. The van der Waals surface area contributed by atoms with E-state index in [0.29, 0.717) is 31.3 Å². The zero-order valence-corrected chi connectivity index (χ0v) is 23.1. The molecule has 1 atom stereocenters. The number of carbonyl (C=O) groups excluding carboxylic acids is 1. The van der Waals surface area contributed by atoms with Gasteiger partial charge in [0.2, 0.25) is 0 Å². The van der Waals surface area contributed by atoms with Crippen LogP contribution in [0, 0.1) is 5.92 Å². The van der Waals surface area contributed by atoms with Crippen molar-refractivity contribution in [3.63, 3.8) is 0 Å². The van der Waals surface area contributed by atoms with Crippen LogP contribution in [0.4, 0.5) is 4.79 Å². The molecular formula is C29H39N3O4S. The quantitative estimate of drug-likeness (QED) is 0.403. The van der Waals surface area contributed by atoms with Gasteiger partial charge >= 0.3 is 6.09 Å². The highest BCUT2D eigenvalue weighted by Gasteiger charge is 2.31. The first-order chi connectivity index (χ1) is 17.9. The average Bonchev–Trinajstić information content (AvgIpc) is 3.58. The third kappa shape index (κ3) is 6.64. The Kier molecular flexibility index (Phi) is 8.03. The molecule has 1 saturated heterocycles. The molecule has 0 N–H and O–H groups in total. The number of rotatable bonds is 6. The fourth-order valence-electron chi connectivity index (χ4n) is 5.38. The number of piperidine rings is 1. The predicted molar refractivity (Wildman–Crippen MR) is 145 cm³/mol.